The van der Waals surface area contributed by atoms with Gasteiger partial charge < -0.3 is 15.2 Å². The zero-order valence-corrected chi connectivity index (χ0v) is 13.3. The first kappa shape index (κ1) is 15.1. The van der Waals surface area contributed by atoms with Crippen molar-refractivity contribution in [2.45, 2.75) is 26.4 Å². The third kappa shape index (κ3) is 3.64. The summed E-state index contributed by atoms with van der Waals surface area (Å²) in [6, 6.07) is 4.09. The Hall–Kier alpha value is -1.27. The smallest absolute Gasteiger partial charge is 0.231 e. The van der Waals surface area contributed by atoms with Gasteiger partial charge in [-0.3, -0.25) is 9.69 Å². The number of nitrogens with two attached hydrogens (primary N) is 1. The van der Waals surface area contributed by atoms with Crippen molar-refractivity contribution in [3.05, 3.63) is 22.2 Å². The number of rotatable bonds is 5. The summed E-state index contributed by atoms with van der Waals surface area (Å²) in [4.78, 5) is 13.2. The van der Waals surface area contributed by atoms with Gasteiger partial charge in [0.2, 0.25) is 5.91 Å². The minimum atomic E-state index is -0.327. The summed E-state index contributed by atoms with van der Waals surface area (Å²) in [7, 11) is 0. The average Bonchev–Trinajstić information content (AvgIpc) is 2.38. The third-order valence-electron chi connectivity index (χ3n) is 3.17. The second kappa shape index (κ2) is 6.45. The number of halogens is 1. The fourth-order valence-corrected chi connectivity index (χ4v) is 2.52. The van der Waals surface area contributed by atoms with E-state index in [0.717, 1.165) is 21.5 Å². The minimum Gasteiger partial charge on any atom is -0.486 e. The zero-order valence-electron chi connectivity index (χ0n) is 11.7. The van der Waals surface area contributed by atoms with Crippen LogP contribution in [0.5, 0.6) is 11.5 Å². The number of fused-ring (bicyclic) bond motifs is 1. The van der Waals surface area contributed by atoms with Crippen LogP contribution in [0.2, 0.25) is 0 Å². The maximum Gasteiger partial charge on any atom is 0.231 e. The highest BCUT2D eigenvalue weighted by Crippen LogP contribution is 2.36. The van der Waals surface area contributed by atoms with Crippen molar-refractivity contribution in [3.8, 4) is 11.5 Å². The maximum absolute atomic E-state index is 11.1. The van der Waals surface area contributed by atoms with Gasteiger partial charge in [-0.15, -0.1) is 0 Å². The van der Waals surface area contributed by atoms with Gasteiger partial charge in [0.15, 0.2) is 11.5 Å². The fraction of sp³-hybridized carbons (Fsp3) is 0.500. The van der Waals surface area contributed by atoms with Crippen LogP contribution in [-0.2, 0) is 11.3 Å². The first-order valence-electron chi connectivity index (χ1n) is 6.57. The number of amides is 1. The molecule has 0 fully saturated rings. The number of nitrogens with zero attached hydrogens (tertiary/aromatic N) is 1. The summed E-state index contributed by atoms with van der Waals surface area (Å²) in [5.74, 6) is 1.17. The van der Waals surface area contributed by atoms with Crippen molar-refractivity contribution >= 4 is 21.8 Å². The van der Waals surface area contributed by atoms with Crippen LogP contribution in [-0.4, -0.2) is 36.6 Å². The second-order valence-corrected chi connectivity index (χ2v) is 5.91. The van der Waals surface area contributed by atoms with E-state index in [9.17, 15) is 4.79 Å². The molecular formula is C14H19BrN2O3. The van der Waals surface area contributed by atoms with Crippen LogP contribution in [0.3, 0.4) is 0 Å². The van der Waals surface area contributed by atoms with E-state index in [4.69, 9.17) is 15.2 Å². The Morgan fingerprint density at radius 1 is 1.35 bits per heavy atom. The molecule has 0 spiro atoms. The molecular weight excluding hydrogens is 324 g/mol. The van der Waals surface area contributed by atoms with Crippen molar-refractivity contribution < 1.29 is 14.3 Å². The van der Waals surface area contributed by atoms with Crippen molar-refractivity contribution in [1.29, 1.82) is 0 Å². The van der Waals surface area contributed by atoms with E-state index >= 15 is 0 Å². The number of hydrogen-bond donors (Lipinski definition) is 1. The Labute approximate surface area is 127 Å². The molecule has 1 aliphatic heterocycles. The molecule has 0 radical (unpaired) electrons. The highest BCUT2D eigenvalue weighted by Gasteiger charge is 2.18. The van der Waals surface area contributed by atoms with Crippen molar-refractivity contribution in [2.24, 2.45) is 5.73 Å². The van der Waals surface area contributed by atoms with Gasteiger partial charge in [0.1, 0.15) is 13.2 Å². The van der Waals surface area contributed by atoms with Gasteiger partial charge in [-0.1, -0.05) is 15.9 Å². The molecule has 20 heavy (non-hydrogen) atoms. The van der Waals surface area contributed by atoms with Gasteiger partial charge in [-0.05, 0) is 31.5 Å². The summed E-state index contributed by atoms with van der Waals surface area (Å²) in [5.41, 5.74) is 6.34. The molecule has 0 aromatic heterocycles. The Morgan fingerprint density at radius 3 is 2.50 bits per heavy atom. The van der Waals surface area contributed by atoms with E-state index in [0.29, 0.717) is 19.8 Å². The van der Waals surface area contributed by atoms with Crippen LogP contribution in [0.15, 0.2) is 16.6 Å². The molecule has 0 bridgehead atoms. The molecule has 110 valence electrons. The molecule has 1 aliphatic rings. The molecule has 1 aromatic rings. The third-order valence-corrected chi connectivity index (χ3v) is 3.91. The lowest BCUT2D eigenvalue weighted by Crippen LogP contribution is -2.38. The number of benzene rings is 1. The molecule has 2 rings (SSSR count). The molecule has 0 unspecified atom stereocenters. The van der Waals surface area contributed by atoms with Gasteiger partial charge in [-0.25, -0.2) is 0 Å². The summed E-state index contributed by atoms with van der Waals surface area (Å²) in [5, 5.41) is 0. The van der Waals surface area contributed by atoms with E-state index < -0.39 is 0 Å². The highest BCUT2D eigenvalue weighted by molar-refractivity contribution is 9.10. The van der Waals surface area contributed by atoms with Crippen molar-refractivity contribution in [2.75, 3.05) is 19.8 Å². The predicted molar refractivity (Wildman–Crippen MR) is 79.9 cm³/mol. The Bertz CT molecular complexity index is 505. The monoisotopic (exact) mass is 342 g/mol. The first-order chi connectivity index (χ1) is 9.47. The van der Waals surface area contributed by atoms with Gasteiger partial charge in [0.05, 0.1) is 6.54 Å². The maximum atomic E-state index is 11.1. The molecule has 1 amide bonds. The predicted octanol–water partition coefficient (Wildman–Crippen LogP) is 1.92. The van der Waals surface area contributed by atoms with E-state index in [2.05, 4.69) is 15.9 Å². The van der Waals surface area contributed by atoms with E-state index in [-0.39, 0.29) is 18.5 Å². The SMILES string of the molecule is CC(C)N(CC(N)=O)Cc1cc2c(cc1Br)OCCO2. The van der Waals surface area contributed by atoms with Crippen LogP contribution in [0.1, 0.15) is 19.4 Å². The Balaban J connectivity index is 2.21. The van der Waals surface area contributed by atoms with Crippen LogP contribution < -0.4 is 15.2 Å². The van der Waals surface area contributed by atoms with Gasteiger partial charge in [0, 0.05) is 17.1 Å². The van der Waals surface area contributed by atoms with Crippen LogP contribution in [0, 0.1) is 0 Å². The first-order valence-corrected chi connectivity index (χ1v) is 7.37. The van der Waals surface area contributed by atoms with Crippen molar-refractivity contribution in [1.82, 2.24) is 4.90 Å². The van der Waals surface area contributed by atoms with Crippen LogP contribution in [0.25, 0.3) is 0 Å². The van der Waals surface area contributed by atoms with Gasteiger partial charge >= 0.3 is 0 Å². The number of primary amides is 1. The quantitative estimate of drug-likeness (QED) is 0.887. The summed E-state index contributed by atoms with van der Waals surface area (Å²) >= 11 is 3.54. The molecule has 2 N–H and O–H groups in total. The van der Waals surface area contributed by atoms with Crippen molar-refractivity contribution in [3.63, 3.8) is 0 Å². The van der Waals surface area contributed by atoms with E-state index in [1.165, 1.54) is 0 Å². The van der Waals surface area contributed by atoms with E-state index in [1.807, 2.05) is 30.9 Å². The lowest BCUT2D eigenvalue weighted by molar-refractivity contribution is -0.119. The molecule has 1 heterocycles. The molecule has 0 saturated heterocycles. The molecule has 0 atom stereocenters. The van der Waals surface area contributed by atoms with Crippen LogP contribution >= 0.6 is 15.9 Å². The number of carbonyl (C=O) groups is 1. The Morgan fingerprint density at radius 2 is 1.95 bits per heavy atom. The number of ether oxygens (including phenoxy) is 2. The van der Waals surface area contributed by atoms with Gasteiger partial charge in [0.25, 0.3) is 0 Å². The lowest BCUT2D eigenvalue weighted by atomic mass is 10.1. The molecule has 0 aliphatic carbocycles. The largest absolute Gasteiger partial charge is 0.486 e. The summed E-state index contributed by atoms with van der Waals surface area (Å²) in [6.45, 7) is 6.06. The standard InChI is InChI=1S/C14H19BrN2O3/c1-9(2)17(8-14(16)18)7-10-5-12-13(6-11(10)15)20-4-3-19-12/h5-6,9H,3-4,7-8H2,1-2H3,(H2,16,18). The average molecular weight is 343 g/mol. The lowest BCUT2D eigenvalue weighted by Gasteiger charge is -2.26. The van der Waals surface area contributed by atoms with E-state index in [1.54, 1.807) is 0 Å². The second-order valence-electron chi connectivity index (χ2n) is 5.05. The summed E-state index contributed by atoms with van der Waals surface area (Å²) < 4.78 is 12.1. The number of hydrogen-bond acceptors (Lipinski definition) is 4. The number of carbonyl (C=O) groups excluding carboxylic acids is 1. The normalized spacial score (nSPS) is 13.8. The topological polar surface area (TPSA) is 64.8 Å². The molecule has 6 heteroatoms. The molecule has 1 aromatic carbocycles. The minimum absolute atomic E-state index is 0.225. The summed E-state index contributed by atoms with van der Waals surface area (Å²) in [6.07, 6.45) is 0. The Kier molecular flexibility index (Phi) is 4.88. The fourth-order valence-electron chi connectivity index (χ4n) is 2.07. The highest BCUT2D eigenvalue weighted by atomic mass is 79.9. The van der Waals surface area contributed by atoms with Gasteiger partial charge in [-0.2, -0.15) is 0 Å². The molecule has 5 nitrogen and oxygen atoms in total. The molecule has 0 saturated carbocycles. The zero-order chi connectivity index (χ0) is 14.7. The van der Waals surface area contributed by atoms with Crippen LogP contribution in [0.4, 0.5) is 0 Å².